The minimum Gasteiger partial charge on any atom is -0.393 e. The van der Waals surface area contributed by atoms with Crippen LogP contribution in [0.15, 0.2) is 0 Å². The number of hydrogen-bond acceptors (Lipinski definition) is 3. The van der Waals surface area contributed by atoms with Crippen molar-refractivity contribution in [2.24, 2.45) is 35.0 Å². The quantitative estimate of drug-likeness (QED) is 0.642. The normalized spacial score (nSPS) is 60.0. The van der Waals surface area contributed by atoms with Gasteiger partial charge >= 0.3 is 0 Å². The van der Waals surface area contributed by atoms with E-state index in [0.29, 0.717) is 11.8 Å². The van der Waals surface area contributed by atoms with Crippen molar-refractivity contribution in [1.82, 2.24) is 0 Å². The molecular formula is C18H30O3. The summed E-state index contributed by atoms with van der Waals surface area (Å²) in [6, 6.07) is 0. The zero-order valence-corrected chi connectivity index (χ0v) is 13.1. The average molecular weight is 294 g/mol. The molecule has 4 aliphatic carbocycles. The first kappa shape index (κ1) is 14.5. The average Bonchev–Trinajstić information content (AvgIpc) is 2.70. The summed E-state index contributed by atoms with van der Waals surface area (Å²) in [5, 5.41) is 30.5. The first-order valence-electron chi connectivity index (χ1n) is 9.05. The van der Waals surface area contributed by atoms with Crippen LogP contribution in [-0.2, 0) is 0 Å². The van der Waals surface area contributed by atoms with Gasteiger partial charge in [0.2, 0.25) is 0 Å². The van der Waals surface area contributed by atoms with E-state index in [1.807, 2.05) is 0 Å². The minimum absolute atomic E-state index is 0.0540. The van der Waals surface area contributed by atoms with Crippen LogP contribution in [0.25, 0.3) is 0 Å². The van der Waals surface area contributed by atoms with Crippen LogP contribution in [0.3, 0.4) is 0 Å². The van der Waals surface area contributed by atoms with E-state index in [-0.39, 0.29) is 11.5 Å². The second kappa shape index (κ2) is 4.94. The molecule has 9 atom stereocenters. The lowest BCUT2D eigenvalue weighted by Gasteiger charge is -2.55. The second-order valence-electron chi connectivity index (χ2n) is 8.69. The molecule has 0 aliphatic heterocycles. The Balaban J connectivity index is 1.58. The lowest BCUT2D eigenvalue weighted by atomic mass is 9.50. The smallest absolute Gasteiger partial charge is 0.0855 e. The third-order valence-corrected chi connectivity index (χ3v) is 7.90. The summed E-state index contributed by atoms with van der Waals surface area (Å²) in [6.45, 7) is 2.21. The summed E-state index contributed by atoms with van der Waals surface area (Å²) in [5.41, 5.74) is -0.0540. The van der Waals surface area contributed by atoms with Crippen LogP contribution < -0.4 is 0 Å². The Kier molecular flexibility index (Phi) is 3.40. The standard InChI is InChI=1S/C18H30O3/c1-18-7-6-13-12-5-3-11(19)8-10(12)2-4-14(13)15(18)9-16(20)17(18)21/h10-17,19-21H,2-9H2,1H3/t10-,11+,12?,13+,14+,15-,16-,17-,18-/m0/s1. The highest BCUT2D eigenvalue weighted by atomic mass is 16.3. The molecule has 120 valence electrons. The molecular weight excluding hydrogens is 264 g/mol. The van der Waals surface area contributed by atoms with Gasteiger partial charge in [0.25, 0.3) is 0 Å². The van der Waals surface area contributed by atoms with E-state index in [1.54, 1.807) is 0 Å². The third-order valence-electron chi connectivity index (χ3n) is 7.90. The van der Waals surface area contributed by atoms with E-state index in [9.17, 15) is 15.3 Å². The van der Waals surface area contributed by atoms with E-state index >= 15 is 0 Å². The van der Waals surface area contributed by atoms with E-state index in [2.05, 4.69) is 6.92 Å². The van der Waals surface area contributed by atoms with Crippen LogP contribution in [0.5, 0.6) is 0 Å². The number of aliphatic hydroxyl groups excluding tert-OH is 3. The molecule has 4 fully saturated rings. The number of rotatable bonds is 0. The largest absolute Gasteiger partial charge is 0.393 e. The molecule has 21 heavy (non-hydrogen) atoms. The van der Waals surface area contributed by atoms with Gasteiger partial charge in [-0.2, -0.15) is 0 Å². The molecule has 0 saturated heterocycles. The summed E-state index contributed by atoms with van der Waals surface area (Å²) in [5.74, 6) is 3.52. The molecule has 3 N–H and O–H groups in total. The lowest BCUT2D eigenvalue weighted by molar-refractivity contribution is -0.0973. The van der Waals surface area contributed by atoms with Crippen molar-refractivity contribution in [2.45, 2.75) is 76.6 Å². The molecule has 0 radical (unpaired) electrons. The Bertz CT molecular complexity index is 411. The highest BCUT2D eigenvalue weighted by Gasteiger charge is 2.59. The number of hydrogen-bond donors (Lipinski definition) is 3. The molecule has 4 saturated carbocycles. The fraction of sp³-hybridized carbons (Fsp3) is 1.00. The molecule has 3 heteroatoms. The third kappa shape index (κ3) is 2.04. The SMILES string of the molecule is C[C@]12CC[C@@H]3C4CC[C@@H](O)C[C@@H]4CC[C@H]3[C@@H]1C[C@H](O)[C@@H]2O. The maximum absolute atomic E-state index is 10.4. The van der Waals surface area contributed by atoms with E-state index in [4.69, 9.17) is 0 Å². The first-order valence-corrected chi connectivity index (χ1v) is 9.05. The van der Waals surface area contributed by atoms with E-state index < -0.39 is 12.2 Å². The van der Waals surface area contributed by atoms with Gasteiger partial charge in [-0.1, -0.05) is 6.92 Å². The first-order chi connectivity index (χ1) is 10.0. The van der Waals surface area contributed by atoms with Crippen LogP contribution in [0.1, 0.15) is 58.3 Å². The van der Waals surface area contributed by atoms with Crippen LogP contribution in [0.2, 0.25) is 0 Å². The maximum Gasteiger partial charge on any atom is 0.0855 e. The maximum atomic E-state index is 10.4. The van der Waals surface area contributed by atoms with Gasteiger partial charge in [0.05, 0.1) is 18.3 Å². The Morgan fingerprint density at radius 2 is 1.57 bits per heavy atom. The molecule has 3 nitrogen and oxygen atoms in total. The Hall–Kier alpha value is -0.120. The van der Waals surface area contributed by atoms with Crippen molar-refractivity contribution in [1.29, 1.82) is 0 Å². The van der Waals surface area contributed by atoms with Crippen molar-refractivity contribution < 1.29 is 15.3 Å². The van der Waals surface area contributed by atoms with E-state index in [0.717, 1.165) is 43.4 Å². The van der Waals surface area contributed by atoms with Crippen LogP contribution >= 0.6 is 0 Å². The van der Waals surface area contributed by atoms with Crippen LogP contribution in [0, 0.1) is 35.0 Å². The highest BCUT2D eigenvalue weighted by molar-refractivity contribution is 5.08. The van der Waals surface area contributed by atoms with Crippen molar-refractivity contribution >= 4 is 0 Å². The van der Waals surface area contributed by atoms with Crippen molar-refractivity contribution in [3.05, 3.63) is 0 Å². The number of fused-ring (bicyclic) bond motifs is 5. The summed E-state index contributed by atoms with van der Waals surface area (Å²) in [6.07, 6.45) is 7.70. The van der Waals surface area contributed by atoms with Crippen LogP contribution in [-0.4, -0.2) is 33.6 Å². The summed E-state index contributed by atoms with van der Waals surface area (Å²) < 4.78 is 0. The van der Waals surface area contributed by atoms with Gasteiger partial charge in [0.1, 0.15) is 0 Å². The Morgan fingerprint density at radius 1 is 0.810 bits per heavy atom. The predicted molar refractivity (Wildman–Crippen MR) is 80.5 cm³/mol. The Labute approximate surface area is 127 Å². The van der Waals surface area contributed by atoms with Gasteiger partial charge in [0.15, 0.2) is 0 Å². The summed E-state index contributed by atoms with van der Waals surface area (Å²) in [7, 11) is 0. The highest BCUT2D eigenvalue weighted by Crippen LogP contribution is 2.62. The van der Waals surface area contributed by atoms with Gasteiger partial charge in [-0.05, 0) is 86.4 Å². The lowest BCUT2D eigenvalue weighted by Crippen LogP contribution is -2.50. The zero-order valence-electron chi connectivity index (χ0n) is 13.1. The Morgan fingerprint density at radius 3 is 2.38 bits per heavy atom. The zero-order chi connectivity index (χ0) is 14.8. The van der Waals surface area contributed by atoms with Gasteiger partial charge < -0.3 is 15.3 Å². The molecule has 0 spiro atoms. The monoisotopic (exact) mass is 294 g/mol. The molecule has 4 rings (SSSR count). The van der Waals surface area contributed by atoms with Crippen molar-refractivity contribution in [2.75, 3.05) is 0 Å². The fourth-order valence-corrected chi connectivity index (χ4v) is 6.82. The molecule has 4 aliphatic rings. The van der Waals surface area contributed by atoms with Crippen molar-refractivity contribution in [3.8, 4) is 0 Å². The molecule has 1 unspecified atom stereocenters. The van der Waals surface area contributed by atoms with Gasteiger partial charge in [0, 0.05) is 0 Å². The number of aliphatic hydroxyl groups is 3. The summed E-state index contributed by atoms with van der Waals surface area (Å²) in [4.78, 5) is 0. The molecule has 0 aromatic carbocycles. The molecule has 0 aromatic heterocycles. The topological polar surface area (TPSA) is 60.7 Å². The molecule has 0 bridgehead atoms. The van der Waals surface area contributed by atoms with Gasteiger partial charge in [-0.25, -0.2) is 0 Å². The second-order valence-corrected chi connectivity index (χ2v) is 8.69. The molecule has 0 aromatic rings. The van der Waals surface area contributed by atoms with Crippen LogP contribution in [0.4, 0.5) is 0 Å². The molecule has 0 heterocycles. The minimum atomic E-state index is -0.519. The summed E-state index contributed by atoms with van der Waals surface area (Å²) >= 11 is 0. The van der Waals surface area contributed by atoms with Crippen molar-refractivity contribution in [3.63, 3.8) is 0 Å². The van der Waals surface area contributed by atoms with Gasteiger partial charge in [-0.3, -0.25) is 0 Å². The van der Waals surface area contributed by atoms with Gasteiger partial charge in [-0.15, -0.1) is 0 Å². The predicted octanol–water partition coefficient (Wildman–Crippen LogP) is 2.33. The molecule has 0 amide bonds. The fourth-order valence-electron chi connectivity index (χ4n) is 6.82. The van der Waals surface area contributed by atoms with E-state index in [1.165, 1.54) is 25.7 Å².